The van der Waals surface area contributed by atoms with Crippen LogP contribution in [0.25, 0.3) is 0 Å². The number of para-hydroxylation sites is 1. The van der Waals surface area contributed by atoms with E-state index in [4.69, 9.17) is 11.6 Å². The number of halogens is 4. The molecule has 0 fully saturated rings. The summed E-state index contributed by atoms with van der Waals surface area (Å²) in [6.45, 7) is 0. The number of aromatic nitrogens is 3. The summed E-state index contributed by atoms with van der Waals surface area (Å²) in [6, 6.07) is 13.8. The van der Waals surface area contributed by atoms with E-state index in [1.807, 2.05) is 18.2 Å². The molecule has 1 aromatic heterocycles. The minimum atomic E-state index is -4.44. The van der Waals surface area contributed by atoms with Gasteiger partial charge in [-0.2, -0.15) is 28.1 Å². The summed E-state index contributed by atoms with van der Waals surface area (Å²) in [5.74, 6) is 0.193. The molecule has 0 radical (unpaired) electrons. The van der Waals surface area contributed by atoms with Crippen molar-refractivity contribution in [2.75, 3.05) is 10.6 Å². The third-order valence-electron chi connectivity index (χ3n) is 3.08. The molecule has 0 spiro atoms. The Morgan fingerprint density at radius 3 is 2.00 bits per heavy atom. The van der Waals surface area contributed by atoms with Gasteiger partial charge in [0.1, 0.15) is 0 Å². The summed E-state index contributed by atoms with van der Waals surface area (Å²) in [7, 11) is 0. The molecule has 3 rings (SSSR count). The predicted molar refractivity (Wildman–Crippen MR) is 89.3 cm³/mol. The Hall–Kier alpha value is -2.87. The summed E-state index contributed by atoms with van der Waals surface area (Å²) in [5, 5.41) is 5.54. The normalized spacial score (nSPS) is 11.2. The van der Waals surface area contributed by atoms with E-state index in [9.17, 15) is 13.2 Å². The second-order valence-corrected chi connectivity index (χ2v) is 5.28. The monoisotopic (exact) mass is 365 g/mol. The standard InChI is InChI=1S/C16H11ClF3N5/c17-13-23-14(21-11-6-2-1-3-7-11)25-15(24-13)22-12-8-4-5-10(9-12)16(18,19)20/h1-9H,(H2,21,22,23,24,25). The molecule has 0 bridgehead atoms. The fourth-order valence-electron chi connectivity index (χ4n) is 2.01. The van der Waals surface area contributed by atoms with Crippen molar-refractivity contribution in [1.29, 1.82) is 0 Å². The highest BCUT2D eigenvalue weighted by Crippen LogP contribution is 2.31. The number of anilines is 4. The Labute approximate surface area is 145 Å². The minimum absolute atomic E-state index is 0.0257. The zero-order valence-electron chi connectivity index (χ0n) is 12.5. The van der Waals surface area contributed by atoms with Crippen LogP contribution in [0, 0.1) is 0 Å². The average Bonchev–Trinajstić information content (AvgIpc) is 2.54. The van der Waals surface area contributed by atoms with E-state index >= 15 is 0 Å². The van der Waals surface area contributed by atoms with Gasteiger partial charge in [0, 0.05) is 11.4 Å². The highest BCUT2D eigenvalue weighted by molar-refractivity contribution is 6.28. The zero-order valence-corrected chi connectivity index (χ0v) is 13.3. The quantitative estimate of drug-likeness (QED) is 0.679. The molecular formula is C16H11ClF3N5. The lowest BCUT2D eigenvalue weighted by atomic mass is 10.2. The van der Waals surface area contributed by atoms with Gasteiger partial charge in [0.05, 0.1) is 5.56 Å². The van der Waals surface area contributed by atoms with Crippen LogP contribution in [0.2, 0.25) is 5.28 Å². The Balaban J connectivity index is 1.83. The lowest BCUT2D eigenvalue weighted by Gasteiger charge is -2.11. The molecule has 3 aromatic rings. The number of nitrogens with zero attached hydrogens (tertiary/aromatic N) is 3. The average molecular weight is 366 g/mol. The van der Waals surface area contributed by atoms with E-state index in [0.717, 1.165) is 17.8 Å². The summed E-state index contributed by atoms with van der Waals surface area (Å²) >= 11 is 5.86. The Morgan fingerprint density at radius 2 is 1.36 bits per heavy atom. The van der Waals surface area contributed by atoms with Crippen molar-refractivity contribution in [3.63, 3.8) is 0 Å². The van der Waals surface area contributed by atoms with Crippen molar-refractivity contribution >= 4 is 34.9 Å². The van der Waals surface area contributed by atoms with Crippen molar-refractivity contribution < 1.29 is 13.2 Å². The largest absolute Gasteiger partial charge is 0.416 e. The van der Waals surface area contributed by atoms with Crippen molar-refractivity contribution in [3.05, 3.63) is 65.4 Å². The molecule has 0 unspecified atom stereocenters. The highest BCUT2D eigenvalue weighted by atomic mass is 35.5. The van der Waals surface area contributed by atoms with Crippen molar-refractivity contribution in [2.45, 2.75) is 6.18 Å². The number of rotatable bonds is 4. The topological polar surface area (TPSA) is 62.7 Å². The van der Waals surface area contributed by atoms with E-state index in [0.29, 0.717) is 0 Å². The molecule has 9 heteroatoms. The van der Waals surface area contributed by atoms with E-state index in [-0.39, 0.29) is 22.9 Å². The third kappa shape index (κ3) is 4.57. The summed E-state index contributed by atoms with van der Waals surface area (Å²) in [5.41, 5.74) is 0.137. The first-order valence-electron chi connectivity index (χ1n) is 7.08. The molecule has 0 aliphatic rings. The molecular weight excluding hydrogens is 355 g/mol. The second-order valence-electron chi connectivity index (χ2n) is 4.95. The van der Waals surface area contributed by atoms with Crippen LogP contribution in [-0.2, 0) is 6.18 Å². The first-order valence-corrected chi connectivity index (χ1v) is 7.46. The number of hydrogen-bond donors (Lipinski definition) is 2. The lowest BCUT2D eigenvalue weighted by molar-refractivity contribution is -0.137. The maximum absolute atomic E-state index is 12.8. The minimum Gasteiger partial charge on any atom is -0.324 e. The molecule has 0 saturated heterocycles. The van der Waals surface area contributed by atoms with Gasteiger partial charge in [-0.05, 0) is 41.9 Å². The molecule has 25 heavy (non-hydrogen) atoms. The molecule has 0 atom stereocenters. The molecule has 0 amide bonds. The Morgan fingerprint density at radius 1 is 0.760 bits per heavy atom. The van der Waals surface area contributed by atoms with Gasteiger partial charge in [0.2, 0.25) is 17.2 Å². The van der Waals surface area contributed by atoms with Crippen molar-refractivity contribution in [3.8, 4) is 0 Å². The van der Waals surface area contributed by atoms with Crippen LogP contribution >= 0.6 is 11.6 Å². The third-order valence-corrected chi connectivity index (χ3v) is 3.25. The second kappa shape index (κ2) is 6.94. The van der Waals surface area contributed by atoms with E-state index in [1.165, 1.54) is 12.1 Å². The zero-order chi connectivity index (χ0) is 17.9. The van der Waals surface area contributed by atoms with Crippen molar-refractivity contribution in [2.24, 2.45) is 0 Å². The predicted octanol–water partition coefficient (Wildman–Crippen LogP) is 5.03. The molecule has 2 N–H and O–H groups in total. The maximum Gasteiger partial charge on any atom is 0.416 e. The lowest BCUT2D eigenvalue weighted by Crippen LogP contribution is -2.07. The van der Waals surface area contributed by atoms with Crippen LogP contribution in [-0.4, -0.2) is 15.0 Å². The van der Waals surface area contributed by atoms with Crippen LogP contribution in [0.1, 0.15) is 5.56 Å². The van der Waals surface area contributed by atoms with Gasteiger partial charge >= 0.3 is 6.18 Å². The van der Waals surface area contributed by atoms with Crippen LogP contribution < -0.4 is 10.6 Å². The summed E-state index contributed by atoms with van der Waals surface area (Å²) in [4.78, 5) is 11.9. The fraction of sp³-hybridized carbons (Fsp3) is 0.0625. The SMILES string of the molecule is FC(F)(F)c1cccc(Nc2nc(Cl)nc(Nc3ccccc3)n2)c1. The van der Waals surface area contributed by atoms with Gasteiger partial charge in [-0.25, -0.2) is 0 Å². The molecule has 2 aromatic carbocycles. The molecule has 0 aliphatic carbocycles. The highest BCUT2D eigenvalue weighted by Gasteiger charge is 2.30. The fourth-order valence-corrected chi connectivity index (χ4v) is 2.17. The van der Waals surface area contributed by atoms with Gasteiger partial charge in [-0.3, -0.25) is 0 Å². The first kappa shape index (κ1) is 17.0. The number of alkyl halides is 3. The van der Waals surface area contributed by atoms with Gasteiger partial charge in [-0.1, -0.05) is 24.3 Å². The van der Waals surface area contributed by atoms with Gasteiger partial charge in [0.15, 0.2) is 0 Å². The number of benzene rings is 2. The molecule has 0 aliphatic heterocycles. The van der Waals surface area contributed by atoms with E-state index in [2.05, 4.69) is 25.6 Å². The van der Waals surface area contributed by atoms with Crippen LogP contribution in [0.15, 0.2) is 54.6 Å². The van der Waals surface area contributed by atoms with E-state index in [1.54, 1.807) is 12.1 Å². The molecule has 5 nitrogen and oxygen atoms in total. The van der Waals surface area contributed by atoms with Crippen LogP contribution in [0.3, 0.4) is 0 Å². The number of nitrogens with one attached hydrogen (secondary N) is 2. The van der Waals surface area contributed by atoms with Crippen molar-refractivity contribution in [1.82, 2.24) is 15.0 Å². The summed E-state index contributed by atoms with van der Waals surface area (Å²) < 4.78 is 38.3. The Kier molecular flexibility index (Phi) is 4.71. The molecule has 0 saturated carbocycles. The van der Waals surface area contributed by atoms with Crippen LogP contribution in [0.5, 0.6) is 0 Å². The van der Waals surface area contributed by atoms with Gasteiger partial charge in [0.25, 0.3) is 0 Å². The Bertz CT molecular complexity index is 871. The number of hydrogen-bond acceptors (Lipinski definition) is 5. The van der Waals surface area contributed by atoms with Gasteiger partial charge in [-0.15, -0.1) is 0 Å². The van der Waals surface area contributed by atoms with Gasteiger partial charge < -0.3 is 10.6 Å². The first-order chi connectivity index (χ1) is 11.9. The molecule has 128 valence electrons. The summed E-state index contributed by atoms with van der Waals surface area (Å²) in [6.07, 6.45) is -4.44. The smallest absolute Gasteiger partial charge is 0.324 e. The molecule has 1 heterocycles. The van der Waals surface area contributed by atoms with Crippen LogP contribution in [0.4, 0.5) is 36.4 Å². The van der Waals surface area contributed by atoms with E-state index < -0.39 is 11.7 Å². The maximum atomic E-state index is 12.8.